The average molecular weight is 128 g/mol. The minimum absolute atomic E-state index is 0.480. The number of ether oxygens (including phenoxy) is 1. The van der Waals surface area contributed by atoms with E-state index in [2.05, 4.69) is 20.8 Å². The highest BCUT2D eigenvalue weighted by Gasteiger charge is 2.23. The molecule has 1 heteroatoms. The van der Waals surface area contributed by atoms with Gasteiger partial charge in [-0.3, -0.25) is 0 Å². The highest BCUT2D eigenvalue weighted by Crippen LogP contribution is 2.25. The van der Waals surface area contributed by atoms with Crippen LogP contribution in [0.2, 0.25) is 0 Å². The first-order valence-corrected chi connectivity index (χ1v) is 3.83. The van der Waals surface area contributed by atoms with E-state index in [0.717, 1.165) is 18.4 Å². The van der Waals surface area contributed by atoms with Crippen LogP contribution in [0.25, 0.3) is 0 Å². The summed E-state index contributed by atoms with van der Waals surface area (Å²) >= 11 is 0. The molecule has 0 saturated carbocycles. The van der Waals surface area contributed by atoms with Crippen molar-refractivity contribution in [3.63, 3.8) is 0 Å². The maximum absolute atomic E-state index is 5.46. The average Bonchev–Trinajstić information content (AvgIpc) is 1.83. The Morgan fingerprint density at radius 1 is 1.22 bits per heavy atom. The SMILES string of the molecule is CC1OCC[C@H](C)[C@H]1C. The summed E-state index contributed by atoms with van der Waals surface area (Å²) < 4.78 is 5.46. The van der Waals surface area contributed by atoms with Gasteiger partial charge >= 0.3 is 0 Å². The third-order valence-corrected chi connectivity index (χ3v) is 2.59. The molecule has 0 bridgehead atoms. The van der Waals surface area contributed by atoms with E-state index < -0.39 is 0 Å². The van der Waals surface area contributed by atoms with E-state index in [0.29, 0.717) is 6.10 Å². The van der Waals surface area contributed by atoms with Crippen molar-refractivity contribution in [3.8, 4) is 0 Å². The second-order valence-corrected chi connectivity index (χ2v) is 3.20. The predicted octanol–water partition coefficient (Wildman–Crippen LogP) is 2.07. The van der Waals surface area contributed by atoms with Gasteiger partial charge in [0.2, 0.25) is 0 Å². The molecule has 1 heterocycles. The van der Waals surface area contributed by atoms with Crippen molar-refractivity contribution in [1.82, 2.24) is 0 Å². The summed E-state index contributed by atoms with van der Waals surface area (Å²) in [5.74, 6) is 1.60. The summed E-state index contributed by atoms with van der Waals surface area (Å²) in [6.07, 6.45) is 1.72. The third kappa shape index (κ3) is 1.45. The second-order valence-electron chi connectivity index (χ2n) is 3.20. The monoisotopic (exact) mass is 128 g/mol. The van der Waals surface area contributed by atoms with Gasteiger partial charge in [0.25, 0.3) is 0 Å². The van der Waals surface area contributed by atoms with E-state index in [1.54, 1.807) is 0 Å². The quantitative estimate of drug-likeness (QED) is 0.485. The zero-order chi connectivity index (χ0) is 6.85. The van der Waals surface area contributed by atoms with E-state index in [1.807, 2.05) is 0 Å². The molecule has 1 aliphatic heterocycles. The van der Waals surface area contributed by atoms with E-state index in [-0.39, 0.29) is 0 Å². The molecule has 0 radical (unpaired) electrons. The second kappa shape index (κ2) is 2.70. The standard InChI is InChI=1S/C8H16O/c1-6-4-5-9-8(3)7(6)2/h6-8H,4-5H2,1-3H3/t6-,7+,8?/m0/s1. The van der Waals surface area contributed by atoms with Crippen molar-refractivity contribution in [2.45, 2.75) is 33.3 Å². The molecule has 1 aliphatic rings. The molecule has 0 aromatic carbocycles. The fraction of sp³-hybridized carbons (Fsp3) is 1.00. The van der Waals surface area contributed by atoms with Crippen LogP contribution >= 0.6 is 0 Å². The lowest BCUT2D eigenvalue weighted by atomic mass is 9.87. The lowest BCUT2D eigenvalue weighted by molar-refractivity contribution is -0.0345. The molecule has 54 valence electrons. The van der Waals surface area contributed by atoms with Crippen LogP contribution in [-0.2, 0) is 4.74 Å². The molecule has 0 aromatic heterocycles. The summed E-state index contributed by atoms with van der Waals surface area (Å²) in [6, 6.07) is 0. The zero-order valence-electron chi connectivity index (χ0n) is 6.55. The van der Waals surface area contributed by atoms with Gasteiger partial charge in [-0.2, -0.15) is 0 Å². The van der Waals surface area contributed by atoms with E-state index in [4.69, 9.17) is 4.74 Å². The molecule has 9 heavy (non-hydrogen) atoms. The normalized spacial score (nSPS) is 45.0. The van der Waals surface area contributed by atoms with Gasteiger partial charge in [-0.1, -0.05) is 13.8 Å². The van der Waals surface area contributed by atoms with E-state index in [1.165, 1.54) is 6.42 Å². The van der Waals surface area contributed by atoms with Crippen molar-refractivity contribution in [2.24, 2.45) is 11.8 Å². The Hall–Kier alpha value is -0.0400. The fourth-order valence-electron chi connectivity index (χ4n) is 1.32. The molecular formula is C8H16O. The highest BCUT2D eigenvalue weighted by molar-refractivity contribution is 4.72. The summed E-state index contributed by atoms with van der Waals surface area (Å²) in [6.45, 7) is 7.71. The molecule has 3 atom stereocenters. The Morgan fingerprint density at radius 2 is 1.89 bits per heavy atom. The Balaban J connectivity index is 2.41. The first kappa shape index (κ1) is 7.07. The molecule has 0 spiro atoms. The van der Waals surface area contributed by atoms with Gasteiger partial charge in [0.15, 0.2) is 0 Å². The summed E-state index contributed by atoms with van der Waals surface area (Å²) in [5, 5.41) is 0. The summed E-state index contributed by atoms with van der Waals surface area (Å²) in [4.78, 5) is 0. The first-order chi connectivity index (χ1) is 4.22. The Labute approximate surface area is 57.4 Å². The largest absolute Gasteiger partial charge is 0.378 e. The third-order valence-electron chi connectivity index (χ3n) is 2.59. The maximum atomic E-state index is 5.46. The van der Waals surface area contributed by atoms with E-state index in [9.17, 15) is 0 Å². The topological polar surface area (TPSA) is 9.23 Å². The fourth-order valence-corrected chi connectivity index (χ4v) is 1.32. The molecule has 0 aliphatic carbocycles. The maximum Gasteiger partial charge on any atom is 0.0575 e. The number of rotatable bonds is 0. The van der Waals surface area contributed by atoms with Crippen molar-refractivity contribution < 1.29 is 4.74 Å². The molecule has 0 aromatic rings. The lowest BCUT2D eigenvalue weighted by Crippen LogP contribution is -2.30. The van der Waals surface area contributed by atoms with Crippen LogP contribution in [0.1, 0.15) is 27.2 Å². The van der Waals surface area contributed by atoms with Crippen LogP contribution in [0.3, 0.4) is 0 Å². The van der Waals surface area contributed by atoms with E-state index >= 15 is 0 Å². The first-order valence-electron chi connectivity index (χ1n) is 3.83. The Morgan fingerprint density at radius 3 is 2.33 bits per heavy atom. The van der Waals surface area contributed by atoms with Gasteiger partial charge in [0.1, 0.15) is 0 Å². The van der Waals surface area contributed by atoms with Crippen LogP contribution in [0.5, 0.6) is 0 Å². The van der Waals surface area contributed by atoms with Crippen molar-refractivity contribution in [2.75, 3.05) is 6.61 Å². The highest BCUT2D eigenvalue weighted by atomic mass is 16.5. The molecule has 1 nitrogen and oxygen atoms in total. The molecule has 0 amide bonds. The van der Waals surface area contributed by atoms with Crippen LogP contribution in [0.4, 0.5) is 0 Å². The van der Waals surface area contributed by atoms with Gasteiger partial charge < -0.3 is 4.74 Å². The van der Waals surface area contributed by atoms with Crippen molar-refractivity contribution in [3.05, 3.63) is 0 Å². The molecule has 1 fully saturated rings. The van der Waals surface area contributed by atoms with Crippen LogP contribution < -0.4 is 0 Å². The van der Waals surface area contributed by atoms with Crippen molar-refractivity contribution >= 4 is 0 Å². The number of hydrogen-bond acceptors (Lipinski definition) is 1. The predicted molar refractivity (Wildman–Crippen MR) is 38.4 cm³/mol. The van der Waals surface area contributed by atoms with Gasteiger partial charge in [-0.25, -0.2) is 0 Å². The molecule has 1 unspecified atom stereocenters. The Bertz CT molecular complexity index is 80.6. The van der Waals surface area contributed by atoms with Gasteiger partial charge in [0, 0.05) is 6.61 Å². The lowest BCUT2D eigenvalue weighted by Gasteiger charge is -2.31. The Kier molecular flexibility index (Phi) is 2.12. The van der Waals surface area contributed by atoms with Gasteiger partial charge in [-0.15, -0.1) is 0 Å². The molecule has 0 N–H and O–H groups in total. The smallest absolute Gasteiger partial charge is 0.0575 e. The summed E-state index contributed by atoms with van der Waals surface area (Å²) in [7, 11) is 0. The molecule has 1 rings (SSSR count). The van der Waals surface area contributed by atoms with Crippen molar-refractivity contribution in [1.29, 1.82) is 0 Å². The minimum atomic E-state index is 0.480. The van der Waals surface area contributed by atoms with Crippen LogP contribution in [-0.4, -0.2) is 12.7 Å². The number of hydrogen-bond donors (Lipinski definition) is 0. The minimum Gasteiger partial charge on any atom is -0.378 e. The van der Waals surface area contributed by atoms with Crippen LogP contribution in [0, 0.1) is 11.8 Å². The zero-order valence-corrected chi connectivity index (χ0v) is 6.55. The van der Waals surface area contributed by atoms with Crippen LogP contribution in [0.15, 0.2) is 0 Å². The van der Waals surface area contributed by atoms with Gasteiger partial charge in [-0.05, 0) is 25.2 Å². The van der Waals surface area contributed by atoms with Gasteiger partial charge in [0.05, 0.1) is 6.10 Å². The molecular weight excluding hydrogens is 112 g/mol. The summed E-state index contributed by atoms with van der Waals surface area (Å²) in [5.41, 5.74) is 0. The molecule has 1 saturated heterocycles.